The zero-order chi connectivity index (χ0) is 20.6. The molecule has 0 radical (unpaired) electrons. The summed E-state index contributed by atoms with van der Waals surface area (Å²) in [6, 6.07) is 27.7. The highest BCUT2D eigenvalue weighted by atomic mass is 15.0. The van der Waals surface area contributed by atoms with Crippen LogP contribution in [0.5, 0.6) is 0 Å². The second-order valence-corrected chi connectivity index (χ2v) is 9.64. The van der Waals surface area contributed by atoms with Gasteiger partial charge in [0.1, 0.15) is 0 Å². The molecule has 2 nitrogen and oxygen atoms in total. The maximum Gasteiger partial charge on any atom is 0.0541 e. The molecule has 2 fully saturated rings. The Labute approximate surface area is 185 Å². The molecule has 2 atom stereocenters. The number of para-hydroxylation sites is 2. The zero-order valence-electron chi connectivity index (χ0n) is 18.3. The van der Waals surface area contributed by atoms with E-state index in [1.54, 1.807) is 0 Å². The summed E-state index contributed by atoms with van der Waals surface area (Å²) >= 11 is 0. The molecule has 3 aromatic carbocycles. The van der Waals surface area contributed by atoms with E-state index in [1.807, 2.05) is 0 Å². The van der Waals surface area contributed by atoms with Crippen LogP contribution in [-0.2, 0) is 0 Å². The first-order valence-corrected chi connectivity index (χ1v) is 12.2. The minimum Gasteiger partial charge on any atom is -0.314 e. The van der Waals surface area contributed by atoms with Gasteiger partial charge in [-0.3, -0.25) is 0 Å². The van der Waals surface area contributed by atoms with Crippen molar-refractivity contribution in [1.82, 2.24) is 9.88 Å². The van der Waals surface area contributed by atoms with Crippen LogP contribution in [0.1, 0.15) is 56.4 Å². The summed E-state index contributed by atoms with van der Waals surface area (Å²) < 4.78 is 2.42. The number of nitrogens with zero attached hydrogens (tertiary/aromatic N) is 1. The predicted octanol–water partition coefficient (Wildman–Crippen LogP) is 7.20. The van der Waals surface area contributed by atoms with Gasteiger partial charge in [0.25, 0.3) is 0 Å². The van der Waals surface area contributed by atoms with Gasteiger partial charge >= 0.3 is 0 Å². The predicted molar refractivity (Wildman–Crippen MR) is 131 cm³/mol. The lowest BCUT2D eigenvalue weighted by Gasteiger charge is -2.37. The van der Waals surface area contributed by atoms with E-state index in [2.05, 4.69) is 82.7 Å². The van der Waals surface area contributed by atoms with Gasteiger partial charge < -0.3 is 9.88 Å². The van der Waals surface area contributed by atoms with Crippen LogP contribution < -0.4 is 5.32 Å². The van der Waals surface area contributed by atoms with Crippen molar-refractivity contribution in [2.24, 2.45) is 5.92 Å². The van der Waals surface area contributed by atoms with E-state index in [0.29, 0.717) is 5.92 Å². The average Bonchev–Trinajstić information content (AvgIpc) is 3.19. The summed E-state index contributed by atoms with van der Waals surface area (Å²) in [5.41, 5.74) is 5.36. The third-order valence-electron chi connectivity index (χ3n) is 7.86. The van der Waals surface area contributed by atoms with Crippen LogP contribution in [0.15, 0.2) is 72.8 Å². The number of aromatic nitrogens is 1. The third kappa shape index (κ3) is 3.47. The van der Waals surface area contributed by atoms with Gasteiger partial charge in [-0.1, -0.05) is 67.8 Å². The Morgan fingerprint density at radius 1 is 0.677 bits per heavy atom. The summed E-state index contributed by atoms with van der Waals surface area (Å²) in [6.07, 6.45) is 9.73. The van der Waals surface area contributed by atoms with Crippen molar-refractivity contribution in [3.05, 3.63) is 78.4 Å². The largest absolute Gasteiger partial charge is 0.314 e. The van der Waals surface area contributed by atoms with Gasteiger partial charge in [-0.25, -0.2) is 0 Å². The highest BCUT2D eigenvalue weighted by Gasteiger charge is 2.29. The Morgan fingerprint density at radius 2 is 1.32 bits per heavy atom. The lowest BCUT2D eigenvalue weighted by molar-refractivity contribution is 0.221. The molecule has 1 aliphatic heterocycles. The molecule has 6 rings (SSSR count). The molecule has 1 saturated carbocycles. The fourth-order valence-corrected chi connectivity index (χ4v) is 6.25. The van der Waals surface area contributed by atoms with Gasteiger partial charge in [0, 0.05) is 22.5 Å². The van der Waals surface area contributed by atoms with E-state index in [1.165, 1.54) is 84.5 Å². The Morgan fingerprint density at radius 3 is 2.00 bits per heavy atom. The Bertz CT molecular complexity index is 1130. The summed E-state index contributed by atoms with van der Waals surface area (Å²) in [7, 11) is 0. The van der Waals surface area contributed by atoms with Gasteiger partial charge in [-0.05, 0) is 73.9 Å². The Hall–Kier alpha value is -2.58. The molecular formula is C29H32N2. The highest BCUT2D eigenvalue weighted by Crippen LogP contribution is 2.36. The van der Waals surface area contributed by atoms with Crippen LogP contribution in [-0.4, -0.2) is 17.2 Å². The van der Waals surface area contributed by atoms with E-state index in [-0.39, 0.29) is 0 Å². The zero-order valence-corrected chi connectivity index (χ0v) is 18.3. The second kappa shape index (κ2) is 8.16. The molecule has 31 heavy (non-hydrogen) atoms. The van der Waals surface area contributed by atoms with Crippen LogP contribution >= 0.6 is 0 Å². The molecule has 2 aliphatic rings. The number of rotatable bonds is 3. The van der Waals surface area contributed by atoms with Crippen LogP contribution in [0.3, 0.4) is 0 Å². The number of piperidine rings is 1. The topological polar surface area (TPSA) is 17.0 Å². The first-order valence-electron chi connectivity index (χ1n) is 12.2. The maximum atomic E-state index is 3.86. The fourth-order valence-electron chi connectivity index (χ4n) is 6.25. The van der Waals surface area contributed by atoms with Crippen molar-refractivity contribution in [2.75, 3.05) is 6.54 Å². The summed E-state index contributed by atoms with van der Waals surface area (Å²) in [6.45, 7) is 1.17. The number of hydrogen-bond donors (Lipinski definition) is 1. The molecule has 0 spiro atoms. The van der Waals surface area contributed by atoms with Crippen molar-refractivity contribution in [3.63, 3.8) is 0 Å². The van der Waals surface area contributed by atoms with E-state index in [9.17, 15) is 0 Å². The first kappa shape index (κ1) is 19.1. The second-order valence-electron chi connectivity index (χ2n) is 9.64. The lowest BCUT2D eigenvalue weighted by Crippen LogP contribution is -2.43. The van der Waals surface area contributed by atoms with E-state index < -0.39 is 0 Å². The van der Waals surface area contributed by atoms with Gasteiger partial charge in [0.15, 0.2) is 0 Å². The van der Waals surface area contributed by atoms with Crippen LogP contribution in [0.25, 0.3) is 27.5 Å². The minimum atomic E-state index is 0.695. The van der Waals surface area contributed by atoms with Crippen molar-refractivity contribution >= 4 is 21.8 Å². The van der Waals surface area contributed by atoms with Crippen molar-refractivity contribution in [3.8, 4) is 5.69 Å². The SMILES string of the molecule is c1ccc2c(c1)c1ccccc1n2-c1ccc(C2CCNC(C3CCCCC3)C2)cc1. The number of fused-ring (bicyclic) bond motifs is 3. The average molecular weight is 409 g/mol. The maximum absolute atomic E-state index is 3.86. The summed E-state index contributed by atoms with van der Waals surface area (Å²) in [5, 5.41) is 6.52. The van der Waals surface area contributed by atoms with Gasteiger partial charge in [0.05, 0.1) is 11.0 Å². The van der Waals surface area contributed by atoms with Gasteiger partial charge in [-0.15, -0.1) is 0 Å². The standard InChI is InChI=1S/C29H32N2/c1-2-8-22(9-3-1)27-20-23(18-19-30-27)21-14-16-24(17-15-21)31-28-12-6-4-10-25(28)26-11-5-7-13-29(26)31/h4-7,10-17,22-23,27,30H,1-3,8-9,18-20H2. The monoisotopic (exact) mass is 408 g/mol. The molecule has 2 unspecified atom stereocenters. The lowest BCUT2D eigenvalue weighted by atomic mass is 9.76. The molecular weight excluding hydrogens is 376 g/mol. The van der Waals surface area contributed by atoms with Crippen molar-refractivity contribution in [1.29, 1.82) is 0 Å². The fraction of sp³-hybridized carbons (Fsp3) is 0.379. The molecule has 0 bridgehead atoms. The van der Waals surface area contributed by atoms with Gasteiger partial charge in [-0.2, -0.15) is 0 Å². The van der Waals surface area contributed by atoms with E-state index >= 15 is 0 Å². The number of hydrogen-bond acceptors (Lipinski definition) is 1. The summed E-state index contributed by atoms with van der Waals surface area (Å²) in [5.74, 6) is 1.59. The number of nitrogens with one attached hydrogen (secondary N) is 1. The van der Waals surface area contributed by atoms with E-state index in [0.717, 1.165) is 12.0 Å². The number of benzene rings is 3. The van der Waals surface area contributed by atoms with Gasteiger partial charge in [0.2, 0.25) is 0 Å². The van der Waals surface area contributed by atoms with Crippen LogP contribution in [0, 0.1) is 5.92 Å². The molecule has 1 aliphatic carbocycles. The van der Waals surface area contributed by atoms with Crippen molar-refractivity contribution in [2.45, 2.75) is 56.9 Å². The minimum absolute atomic E-state index is 0.695. The molecule has 1 N–H and O–H groups in total. The normalized spacial score (nSPS) is 22.8. The molecule has 158 valence electrons. The quantitative estimate of drug-likeness (QED) is 0.379. The smallest absolute Gasteiger partial charge is 0.0541 e. The third-order valence-corrected chi connectivity index (χ3v) is 7.86. The molecule has 1 aromatic heterocycles. The van der Waals surface area contributed by atoms with E-state index in [4.69, 9.17) is 0 Å². The van der Waals surface area contributed by atoms with Crippen molar-refractivity contribution < 1.29 is 0 Å². The molecule has 2 heteroatoms. The molecule has 4 aromatic rings. The molecule has 1 saturated heterocycles. The summed E-state index contributed by atoms with van der Waals surface area (Å²) in [4.78, 5) is 0. The first-order chi connectivity index (χ1) is 15.4. The molecule has 2 heterocycles. The molecule has 0 amide bonds. The highest BCUT2D eigenvalue weighted by molar-refractivity contribution is 6.09. The van der Waals surface area contributed by atoms with Crippen LogP contribution in [0.2, 0.25) is 0 Å². The Balaban J connectivity index is 1.31. The Kier molecular flexibility index (Phi) is 5.04. The van der Waals surface area contributed by atoms with Crippen LogP contribution in [0.4, 0.5) is 0 Å².